The Morgan fingerprint density at radius 1 is 0.957 bits per heavy atom. The van der Waals surface area contributed by atoms with Gasteiger partial charge in [0.25, 0.3) is 0 Å². The van der Waals surface area contributed by atoms with Crippen LogP contribution in [-0.2, 0) is 20.7 Å². The second-order valence-corrected chi connectivity index (χ2v) is 5.84. The number of amides is 1. The molecule has 2 rings (SSSR count). The van der Waals surface area contributed by atoms with Crippen LogP contribution in [0.5, 0.6) is 0 Å². The maximum absolute atomic E-state index is 11.8. The van der Waals surface area contributed by atoms with Crippen molar-refractivity contribution in [1.29, 1.82) is 0 Å². The van der Waals surface area contributed by atoms with Crippen molar-refractivity contribution in [2.45, 2.75) is 19.3 Å². The Hall–Kier alpha value is -2.14. The molecule has 120 valence electrons. The van der Waals surface area contributed by atoms with Crippen LogP contribution in [-0.4, -0.2) is 18.5 Å². The molecule has 0 unspecified atom stereocenters. The number of para-hydroxylation sites is 1. The largest absolute Gasteiger partial charge is 0.465 e. The van der Waals surface area contributed by atoms with E-state index in [9.17, 15) is 9.59 Å². The number of halogens is 1. The van der Waals surface area contributed by atoms with Gasteiger partial charge in [-0.05, 0) is 33.6 Å². The van der Waals surface area contributed by atoms with E-state index < -0.39 is 0 Å². The minimum Gasteiger partial charge on any atom is -0.465 e. The molecular weight excluding hydrogens is 358 g/mol. The van der Waals surface area contributed by atoms with Crippen molar-refractivity contribution in [2.75, 3.05) is 11.9 Å². The average molecular weight is 376 g/mol. The van der Waals surface area contributed by atoms with Gasteiger partial charge in [-0.25, -0.2) is 0 Å². The zero-order valence-corrected chi connectivity index (χ0v) is 14.2. The third-order valence-corrected chi connectivity index (χ3v) is 3.89. The summed E-state index contributed by atoms with van der Waals surface area (Å²) < 4.78 is 5.95. The van der Waals surface area contributed by atoms with Crippen molar-refractivity contribution in [3.63, 3.8) is 0 Å². The number of ether oxygens (including phenoxy) is 1. The summed E-state index contributed by atoms with van der Waals surface area (Å²) in [7, 11) is 0. The molecule has 2 aromatic rings. The van der Waals surface area contributed by atoms with Gasteiger partial charge in [0.05, 0.1) is 18.7 Å². The maximum Gasteiger partial charge on any atom is 0.306 e. The van der Waals surface area contributed by atoms with Gasteiger partial charge in [-0.2, -0.15) is 0 Å². The average Bonchev–Trinajstić information content (AvgIpc) is 2.56. The van der Waals surface area contributed by atoms with Gasteiger partial charge in [0.15, 0.2) is 0 Å². The Labute approximate surface area is 144 Å². The predicted molar refractivity (Wildman–Crippen MR) is 93.1 cm³/mol. The van der Waals surface area contributed by atoms with E-state index in [1.165, 1.54) is 0 Å². The molecule has 0 bridgehead atoms. The molecule has 0 heterocycles. The minimum absolute atomic E-state index is 0.0745. The Morgan fingerprint density at radius 3 is 2.39 bits per heavy atom. The molecule has 23 heavy (non-hydrogen) atoms. The number of carbonyl (C=O) groups is 2. The van der Waals surface area contributed by atoms with Crippen LogP contribution in [0.4, 0.5) is 5.69 Å². The fraction of sp³-hybridized carbons (Fsp3) is 0.222. The molecular formula is C18H18BrNO3. The highest BCUT2D eigenvalue weighted by Crippen LogP contribution is 2.21. The Morgan fingerprint density at radius 2 is 1.65 bits per heavy atom. The van der Waals surface area contributed by atoms with Gasteiger partial charge in [-0.1, -0.05) is 42.5 Å². The predicted octanol–water partition coefficient (Wildman–Crippen LogP) is 3.95. The summed E-state index contributed by atoms with van der Waals surface area (Å²) in [6.07, 6.45) is 0.853. The van der Waals surface area contributed by atoms with Crippen LogP contribution in [0.3, 0.4) is 0 Å². The first kappa shape index (κ1) is 17.2. The molecule has 1 N–H and O–H groups in total. The Kier molecular flexibility index (Phi) is 6.81. The Balaban J connectivity index is 1.66. The molecule has 0 spiro atoms. The molecule has 0 saturated heterocycles. The second-order valence-electron chi connectivity index (χ2n) is 4.98. The van der Waals surface area contributed by atoms with E-state index >= 15 is 0 Å². The van der Waals surface area contributed by atoms with Crippen LogP contribution in [0.15, 0.2) is 59.1 Å². The second kappa shape index (κ2) is 9.10. The lowest BCUT2D eigenvalue weighted by Crippen LogP contribution is -2.15. The normalized spacial score (nSPS) is 10.1. The molecule has 0 fully saturated rings. The van der Waals surface area contributed by atoms with Gasteiger partial charge in [-0.15, -0.1) is 0 Å². The van der Waals surface area contributed by atoms with E-state index in [1.807, 2.05) is 48.5 Å². The molecule has 0 aliphatic carbocycles. The van der Waals surface area contributed by atoms with Crippen LogP contribution in [0.2, 0.25) is 0 Å². The third-order valence-electron chi connectivity index (χ3n) is 3.20. The Bertz CT molecular complexity index is 658. The molecule has 2 aromatic carbocycles. The van der Waals surface area contributed by atoms with Gasteiger partial charge < -0.3 is 10.1 Å². The van der Waals surface area contributed by atoms with E-state index in [-0.39, 0.29) is 24.7 Å². The van der Waals surface area contributed by atoms with E-state index in [2.05, 4.69) is 21.2 Å². The van der Waals surface area contributed by atoms with E-state index in [1.54, 1.807) is 6.07 Å². The zero-order valence-electron chi connectivity index (χ0n) is 12.6. The van der Waals surface area contributed by atoms with Crippen molar-refractivity contribution < 1.29 is 14.3 Å². The first-order chi connectivity index (χ1) is 11.1. The van der Waals surface area contributed by atoms with Crippen molar-refractivity contribution in [3.05, 3.63) is 64.6 Å². The molecule has 1 amide bonds. The SMILES string of the molecule is O=C(CCC(=O)OCCc1ccccc1)Nc1ccccc1Br. The molecule has 0 aliphatic heterocycles. The quantitative estimate of drug-likeness (QED) is 0.745. The standard InChI is InChI=1S/C18H18BrNO3/c19-15-8-4-5-9-16(15)20-17(21)10-11-18(22)23-13-12-14-6-2-1-3-7-14/h1-9H,10-13H2,(H,20,21). The topological polar surface area (TPSA) is 55.4 Å². The molecule has 4 nitrogen and oxygen atoms in total. The summed E-state index contributed by atoms with van der Waals surface area (Å²) >= 11 is 3.35. The van der Waals surface area contributed by atoms with Gasteiger partial charge in [0.2, 0.25) is 5.91 Å². The van der Waals surface area contributed by atoms with E-state index in [4.69, 9.17) is 4.74 Å². The highest BCUT2D eigenvalue weighted by atomic mass is 79.9. The lowest BCUT2D eigenvalue weighted by molar-refractivity contribution is -0.144. The fourth-order valence-corrected chi connectivity index (χ4v) is 2.37. The van der Waals surface area contributed by atoms with Crippen LogP contribution < -0.4 is 5.32 Å². The number of hydrogen-bond acceptors (Lipinski definition) is 3. The molecule has 0 aliphatic rings. The summed E-state index contributed by atoms with van der Waals surface area (Å²) in [6.45, 7) is 0.328. The van der Waals surface area contributed by atoms with Gasteiger partial charge in [-0.3, -0.25) is 9.59 Å². The highest BCUT2D eigenvalue weighted by molar-refractivity contribution is 9.10. The van der Waals surface area contributed by atoms with Crippen LogP contribution in [0, 0.1) is 0 Å². The number of nitrogens with one attached hydrogen (secondary N) is 1. The van der Waals surface area contributed by atoms with Crippen LogP contribution in [0.1, 0.15) is 18.4 Å². The lowest BCUT2D eigenvalue weighted by Gasteiger charge is -2.07. The van der Waals surface area contributed by atoms with Gasteiger partial charge in [0.1, 0.15) is 0 Å². The number of anilines is 1. The monoisotopic (exact) mass is 375 g/mol. The van der Waals surface area contributed by atoms with Crippen molar-refractivity contribution in [3.8, 4) is 0 Å². The summed E-state index contributed by atoms with van der Waals surface area (Å²) in [6, 6.07) is 17.1. The summed E-state index contributed by atoms with van der Waals surface area (Å²) in [5, 5.41) is 2.75. The zero-order chi connectivity index (χ0) is 16.5. The minimum atomic E-state index is -0.358. The number of rotatable bonds is 7. The number of hydrogen-bond donors (Lipinski definition) is 1. The summed E-state index contributed by atoms with van der Waals surface area (Å²) in [5.41, 5.74) is 1.81. The van der Waals surface area contributed by atoms with E-state index in [0.29, 0.717) is 18.7 Å². The van der Waals surface area contributed by atoms with Crippen LogP contribution >= 0.6 is 15.9 Å². The van der Waals surface area contributed by atoms with Crippen molar-refractivity contribution >= 4 is 33.5 Å². The molecule has 0 atom stereocenters. The first-order valence-electron chi connectivity index (χ1n) is 7.39. The van der Waals surface area contributed by atoms with E-state index in [0.717, 1.165) is 10.0 Å². The lowest BCUT2D eigenvalue weighted by atomic mass is 10.2. The third kappa shape index (κ3) is 6.24. The number of esters is 1. The number of carbonyl (C=O) groups excluding carboxylic acids is 2. The molecule has 0 aromatic heterocycles. The number of benzene rings is 2. The highest BCUT2D eigenvalue weighted by Gasteiger charge is 2.09. The van der Waals surface area contributed by atoms with Crippen LogP contribution in [0.25, 0.3) is 0 Å². The van der Waals surface area contributed by atoms with Crippen molar-refractivity contribution in [1.82, 2.24) is 0 Å². The smallest absolute Gasteiger partial charge is 0.306 e. The molecule has 0 radical (unpaired) electrons. The van der Waals surface area contributed by atoms with Crippen molar-refractivity contribution in [2.24, 2.45) is 0 Å². The molecule has 0 saturated carbocycles. The van der Waals surface area contributed by atoms with Gasteiger partial charge in [0, 0.05) is 17.3 Å². The summed E-state index contributed by atoms with van der Waals surface area (Å²) in [4.78, 5) is 23.5. The van der Waals surface area contributed by atoms with Gasteiger partial charge >= 0.3 is 5.97 Å². The maximum atomic E-state index is 11.8. The summed E-state index contributed by atoms with van der Waals surface area (Å²) in [5.74, 6) is -0.569. The molecule has 5 heteroatoms. The fourth-order valence-electron chi connectivity index (χ4n) is 1.99. The first-order valence-corrected chi connectivity index (χ1v) is 8.18.